The van der Waals surface area contributed by atoms with Gasteiger partial charge in [0.05, 0.1) is 5.60 Å². The Morgan fingerprint density at radius 3 is 2.64 bits per heavy atom. The Labute approximate surface area is 132 Å². The van der Waals surface area contributed by atoms with Crippen LogP contribution in [0.25, 0.3) is 6.08 Å². The number of hydrogen-bond donors (Lipinski definition) is 0. The fraction of sp³-hybridized carbons (Fsp3) is 0.550. The molecule has 1 aromatic carbocycles. The number of carbonyl (C=O) groups excluding carboxylic acids is 1. The second-order valence-electron chi connectivity index (χ2n) is 7.49. The van der Waals surface area contributed by atoms with Crippen LogP contribution in [0.3, 0.4) is 0 Å². The third-order valence-corrected chi connectivity index (χ3v) is 6.15. The van der Waals surface area contributed by atoms with Crippen molar-refractivity contribution in [2.45, 2.75) is 51.6 Å². The Hall–Kier alpha value is -1.41. The average Bonchev–Trinajstić information content (AvgIpc) is 3.37. The third kappa shape index (κ3) is 1.93. The van der Waals surface area contributed by atoms with Gasteiger partial charge in [0.2, 0.25) is 0 Å². The van der Waals surface area contributed by atoms with Gasteiger partial charge in [0, 0.05) is 24.5 Å². The van der Waals surface area contributed by atoms with Gasteiger partial charge in [-0.25, -0.2) is 0 Å². The van der Waals surface area contributed by atoms with Gasteiger partial charge >= 0.3 is 0 Å². The minimum absolute atomic E-state index is 0.0388. The molecular formula is C20H24O2. The highest BCUT2D eigenvalue weighted by atomic mass is 16.5. The van der Waals surface area contributed by atoms with Gasteiger partial charge in [0.1, 0.15) is 0 Å². The Kier molecular flexibility index (Phi) is 2.93. The smallest absolute Gasteiger partial charge is 0.166 e. The molecule has 2 fully saturated rings. The van der Waals surface area contributed by atoms with Gasteiger partial charge in [-0.1, -0.05) is 18.6 Å². The number of fused-ring (bicyclic) bond motifs is 1. The fourth-order valence-electron chi connectivity index (χ4n) is 4.41. The van der Waals surface area contributed by atoms with E-state index in [-0.39, 0.29) is 11.5 Å². The highest BCUT2D eigenvalue weighted by Gasteiger charge is 2.62. The SMILES string of the molecule is COC1([C@H]2C[C@@H]2C(=O)c2cc(C)c3c(c2)C=C(C)C3C)CC1. The van der Waals surface area contributed by atoms with Gasteiger partial charge in [-0.05, 0) is 67.9 Å². The van der Waals surface area contributed by atoms with Crippen molar-refractivity contribution in [3.8, 4) is 0 Å². The number of rotatable bonds is 4. The molecule has 2 nitrogen and oxygen atoms in total. The van der Waals surface area contributed by atoms with Crippen LogP contribution in [0.5, 0.6) is 0 Å². The van der Waals surface area contributed by atoms with Gasteiger partial charge < -0.3 is 4.74 Å². The lowest BCUT2D eigenvalue weighted by Gasteiger charge is -2.14. The summed E-state index contributed by atoms with van der Waals surface area (Å²) in [6, 6.07) is 4.21. The number of hydrogen-bond acceptors (Lipinski definition) is 2. The number of benzene rings is 1. The number of methoxy groups -OCH3 is 1. The van der Waals surface area contributed by atoms with Crippen molar-refractivity contribution < 1.29 is 9.53 Å². The first-order valence-corrected chi connectivity index (χ1v) is 8.39. The highest BCUT2D eigenvalue weighted by molar-refractivity contribution is 6.01. The summed E-state index contributed by atoms with van der Waals surface area (Å²) in [5.74, 6) is 1.44. The minimum atomic E-state index is 0.0388. The second kappa shape index (κ2) is 4.55. The summed E-state index contributed by atoms with van der Waals surface area (Å²) in [5, 5.41) is 0. The van der Waals surface area contributed by atoms with Gasteiger partial charge in [-0.15, -0.1) is 0 Å². The molecule has 0 heterocycles. The molecule has 0 bridgehead atoms. The van der Waals surface area contributed by atoms with Crippen molar-refractivity contribution in [1.29, 1.82) is 0 Å². The number of Topliss-reactive ketones (excluding diaryl/α,β-unsaturated/α-hetero) is 1. The lowest BCUT2D eigenvalue weighted by molar-refractivity contribution is 0.0545. The van der Waals surface area contributed by atoms with E-state index in [0.29, 0.717) is 17.6 Å². The van der Waals surface area contributed by atoms with Crippen LogP contribution in [0.4, 0.5) is 0 Å². The van der Waals surface area contributed by atoms with Gasteiger partial charge in [-0.2, -0.15) is 0 Å². The number of ketones is 1. The summed E-state index contributed by atoms with van der Waals surface area (Å²) in [5.41, 5.74) is 6.23. The summed E-state index contributed by atoms with van der Waals surface area (Å²) in [7, 11) is 1.79. The van der Waals surface area contributed by atoms with E-state index >= 15 is 0 Å². The number of allylic oxidation sites excluding steroid dienone is 1. The molecule has 0 spiro atoms. The topological polar surface area (TPSA) is 26.3 Å². The van der Waals surface area contributed by atoms with Crippen molar-refractivity contribution >= 4 is 11.9 Å². The van der Waals surface area contributed by atoms with E-state index in [2.05, 4.69) is 39.0 Å². The first-order valence-electron chi connectivity index (χ1n) is 8.39. The highest BCUT2D eigenvalue weighted by Crippen LogP contribution is 2.60. The Balaban J connectivity index is 1.61. The summed E-state index contributed by atoms with van der Waals surface area (Å²) < 4.78 is 5.65. The Morgan fingerprint density at radius 2 is 2.00 bits per heavy atom. The van der Waals surface area contributed by atoms with Crippen LogP contribution in [0.2, 0.25) is 0 Å². The standard InChI is InChI=1S/C20H24O2/c1-11-7-14-9-15(8-12(2)18(14)13(11)3)19(21)16-10-17(16)20(22-4)5-6-20/h7-9,13,16-17H,5-6,10H2,1-4H3/t13?,16-,17-/m0/s1. The summed E-state index contributed by atoms with van der Waals surface area (Å²) >= 11 is 0. The van der Waals surface area contributed by atoms with Crippen molar-refractivity contribution in [2.75, 3.05) is 7.11 Å². The number of aryl methyl sites for hydroxylation is 1. The largest absolute Gasteiger partial charge is 0.378 e. The minimum Gasteiger partial charge on any atom is -0.378 e. The molecule has 2 heteroatoms. The van der Waals surface area contributed by atoms with Crippen LogP contribution in [-0.4, -0.2) is 18.5 Å². The van der Waals surface area contributed by atoms with E-state index in [1.807, 2.05) is 0 Å². The van der Waals surface area contributed by atoms with E-state index < -0.39 is 0 Å². The third-order valence-electron chi connectivity index (χ3n) is 6.15. The molecular weight excluding hydrogens is 272 g/mol. The van der Waals surface area contributed by atoms with E-state index in [0.717, 1.165) is 24.8 Å². The van der Waals surface area contributed by atoms with Crippen LogP contribution in [0, 0.1) is 18.8 Å². The van der Waals surface area contributed by atoms with Crippen molar-refractivity contribution in [3.05, 3.63) is 40.0 Å². The molecule has 0 aromatic heterocycles. The van der Waals surface area contributed by atoms with E-state index in [9.17, 15) is 4.79 Å². The van der Waals surface area contributed by atoms with Crippen molar-refractivity contribution in [1.82, 2.24) is 0 Å². The zero-order valence-electron chi connectivity index (χ0n) is 13.9. The first kappa shape index (κ1) is 14.2. The van der Waals surface area contributed by atoms with E-state index in [1.165, 1.54) is 22.3 Å². The van der Waals surface area contributed by atoms with Crippen LogP contribution in [-0.2, 0) is 4.74 Å². The molecule has 1 unspecified atom stereocenters. The molecule has 3 aliphatic carbocycles. The fourth-order valence-corrected chi connectivity index (χ4v) is 4.41. The predicted octanol–water partition coefficient (Wildman–Crippen LogP) is 4.51. The maximum Gasteiger partial charge on any atom is 0.166 e. The number of ether oxygens (including phenoxy) is 1. The monoisotopic (exact) mass is 296 g/mol. The molecule has 22 heavy (non-hydrogen) atoms. The van der Waals surface area contributed by atoms with Gasteiger partial charge in [-0.3, -0.25) is 4.79 Å². The molecule has 4 rings (SSSR count). The lowest BCUT2D eigenvalue weighted by atomic mass is 9.91. The predicted molar refractivity (Wildman–Crippen MR) is 88.1 cm³/mol. The lowest BCUT2D eigenvalue weighted by Crippen LogP contribution is -2.18. The Bertz CT molecular complexity index is 694. The molecule has 0 saturated heterocycles. The molecule has 0 radical (unpaired) electrons. The van der Waals surface area contributed by atoms with Crippen molar-refractivity contribution in [2.24, 2.45) is 11.8 Å². The molecule has 116 valence electrons. The first-order chi connectivity index (χ1) is 10.5. The van der Waals surface area contributed by atoms with Crippen LogP contribution in [0.1, 0.15) is 66.1 Å². The van der Waals surface area contributed by atoms with E-state index in [4.69, 9.17) is 4.74 Å². The van der Waals surface area contributed by atoms with Crippen molar-refractivity contribution in [3.63, 3.8) is 0 Å². The van der Waals surface area contributed by atoms with Gasteiger partial charge in [0.15, 0.2) is 5.78 Å². The zero-order valence-corrected chi connectivity index (χ0v) is 13.9. The average molecular weight is 296 g/mol. The van der Waals surface area contributed by atoms with Crippen LogP contribution in [0.15, 0.2) is 17.7 Å². The summed E-state index contributed by atoms with van der Waals surface area (Å²) in [4.78, 5) is 12.8. The summed E-state index contributed by atoms with van der Waals surface area (Å²) in [6.07, 6.45) is 5.50. The van der Waals surface area contributed by atoms with E-state index in [1.54, 1.807) is 7.11 Å². The van der Waals surface area contributed by atoms with Crippen LogP contribution < -0.4 is 0 Å². The molecule has 1 aromatic rings. The quantitative estimate of drug-likeness (QED) is 0.764. The van der Waals surface area contributed by atoms with Crippen LogP contribution >= 0.6 is 0 Å². The zero-order chi connectivity index (χ0) is 15.6. The maximum atomic E-state index is 12.8. The van der Waals surface area contributed by atoms with Gasteiger partial charge in [0.25, 0.3) is 0 Å². The molecule has 3 atom stereocenters. The molecule has 0 N–H and O–H groups in total. The summed E-state index contributed by atoms with van der Waals surface area (Å²) in [6.45, 7) is 6.57. The number of carbonyl (C=O) groups is 1. The Morgan fingerprint density at radius 1 is 1.27 bits per heavy atom. The normalized spacial score (nSPS) is 30.7. The maximum absolute atomic E-state index is 12.8. The molecule has 0 amide bonds. The molecule has 3 aliphatic rings. The molecule has 2 saturated carbocycles. The molecule has 0 aliphatic heterocycles. The second-order valence-corrected chi connectivity index (χ2v) is 7.49.